The van der Waals surface area contributed by atoms with E-state index in [9.17, 15) is 0 Å². The van der Waals surface area contributed by atoms with Crippen LogP contribution in [-0.4, -0.2) is 50.8 Å². The zero-order valence-corrected chi connectivity index (χ0v) is 15.7. The summed E-state index contributed by atoms with van der Waals surface area (Å²) in [5.74, 6) is 0.717. The summed E-state index contributed by atoms with van der Waals surface area (Å²) >= 11 is 0. The van der Waals surface area contributed by atoms with Gasteiger partial charge in [-0.05, 0) is 37.1 Å². The maximum atomic E-state index is 5.31. The van der Waals surface area contributed by atoms with Crippen molar-refractivity contribution >= 4 is 0 Å². The van der Waals surface area contributed by atoms with Crippen molar-refractivity contribution < 1.29 is 4.74 Å². The van der Waals surface area contributed by atoms with Gasteiger partial charge in [-0.1, -0.05) is 41.5 Å². The van der Waals surface area contributed by atoms with Crippen LogP contribution in [0.25, 0.3) is 0 Å². The molecule has 0 amide bonds. The van der Waals surface area contributed by atoms with Crippen molar-refractivity contribution in [3.63, 3.8) is 0 Å². The van der Waals surface area contributed by atoms with Gasteiger partial charge in [0.15, 0.2) is 0 Å². The topological polar surface area (TPSA) is 24.5 Å². The van der Waals surface area contributed by atoms with Crippen molar-refractivity contribution in [2.45, 2.75) is 66.8 Å². The first-order valence-electron chi connectivity index (χ1n) is 8.86. The van der Waals surface area contributed by atoms with Gasteiger partial charge >= 0.3 is 0 Å². The van der Waals surface area contributed by atoms with Crippen LogP contribution in [0.2, 0.25) is 0 Å². The first kappa shape index (κ1) is 20.9. The summed E-state index contributed by atoms with van der Waals surface area (Å²) in [5, 5.41) is 3.65. The maximum Gasteiger partial charge on any atom is 0.0589 e. The molecule has 0 aliphatic carbocycles. The number of nitrogens with one attached hydrogen (secondary N) is 1. The smallest absolute Gasteiger partial charge is 0.0589 e. The molecule has 0 heterocycles. The lowest BCUT2D eigenvalue weighted by Crippen LogP contribution is -2.47. The van der Waals surface area contributed by atoms with Gasteiger partial charge in [0.1, 0.15) is 0 Å². The Balaban J connectivity index is 4.64. The van der Waals surface area contributed by atoms with Gasteiger partial charge in [0, 0.05) is 32.8 Å². The van der Waals surface area contributed by atoms with E-state index in [1.165, 1.54) is 19.3 Å². The van der Waals surface area contributed by atoms with Crippen molar-refractivity contribution in [2.75, 3.05) is 39.9 Å². The van der Waals surface area contributed by atoms with E-state index in [1.54, 1.807) is 7.11 Å². The number of methoxy groups -OCH3 is 1. The molecule has 128 valence electrons. The fraction of sp³-hybridized carbons (Fsp3) is 1.00. The highest BCUT2D eigenvalue weighted by Crippen LogP contribution is 2.24. The Kier molecular flexibility index (Phi) is 11.4. The van der Waals surface area contributed by atoms with Crippen LogP contribution < -0.4 is 5.32 Å². The van der Waals surface area contributed by atoms with E-state index in [4.69, 9.17) is 4.74 Å². The van der Waals surface area contributed by atoms with Gasteiger partial charge in [-0.25, -0.2) is 0 Å². The molecular weight excluding hydrogens is 260 g/mol. The zero-order chi connectivity index (χ0) is 16.3. The fourth-order valence-corrected chi connectivity index (χ4v) is 2.85. The second-order valence-corrected chi connectivity index (χ2v) is 7.12. The van der Waals surface area contributed by atoms with Crippen LogP contribution in [0.3, 0.4) is 0 Å². The molecule has 1 unspecified atom stereocenters. The van der Waals surface area contributed by atoms with Gasteiger partial charge in [-0.3, -0.25) is 4.90 Å². The standard InChI is InChI=1S/C18H40N2O/c1-8-17(9-2)20(11-12-21-7)15-18(6,10-3)14-19-13-16(4)5/h16-17,19H,8-15H2,1-7H3. The van der Waals surface area contributed by atoms with E-state index in [0.717, 1.165) is 38.7 Å². The van der Waals surface area contributed by atoms with E-state index in [-0.39, 0.29) is 0 Å². The molecule has 21 heavy (non-hydrogen) atoms. The first-order valence-corrected chi connectivity index (χ1v) is 8.86. The number of ether oxygens (including phenoxy) is 1. The normalized spacial score (nSPS) is 15.1. The van der Waals surface area contributed by atoms with Crippen molar-refractivity contribution in [1.82, 2.24) is 10.2 Å². The van der Waals surface area contributed by atoms with Gasteiger partial charge in [0.2, 0.25) is 0 Å². The fourth-order valence-electron chi connectivity index (χ4n) is 2.85. The van der Waals surface area contributed by atoms with Crippen molar-refractivity contribution in [2.24, 2.45) is 11.3 Å². The molecule has 0 saturated carbocycles. The molecular formula is C18H40N2O. The van der Waals surface area contributed by atoms with Crippen molar-refractivity contribution in [1.29, 1.82) is 0 Å². The number of rotatable bonds is 13. The highest BCUT2D eigenvalue weighted by molar-refractivity contribution is 4.82. The summed E-state index contributed by atoms with van der Waals surface area (Å²) in [4.78, 5) is 2.64. The Hall–Kier alpha value is -0.120. The molecule has 1 atom stereocenters. The summed E-state index contributed by atoms with van der Waals surface area (Å²) in [6, 6.07) is 0.677. The molecule has 0 aliphatic heterocycles. The molecule has 0 rings (SSSR count). The van der Waals surface area contributed by atoms with E-state index in [0.29, 0.717) is 11.5 Å². The third-order valence-corrected chi connectivity index (χ3v) is 4.58. The summed E-state index contributed by atoms with van der Waals surface area (Å²) < 4.78 is 5.31. The lowest BCUT2D eigenvalue weighted by Gasteiger charge is -2.39. The Morgan fingerprint density at radius 1 is 1.14 bits per heavy atom. The summed E-state index contributed by atoms with van der Waals surface area (Å²) in [6.07, 6.45) is 3.65. The largest absolute Gasteiger partial charge is 0.383 e. The molecule has 3 heteroatoms. The maximum absolute atomic E-state index is 5.31. The summed E-state index contributed by atoms with van der Waals surface area (Å²) in [5.41, 5.74) is 0.339. The number of nitrogens with zero attached hydrogens (tertiary/aromatic N) is 1. The molecule has 3 nitrogen and oxygen atoms in total. The molecule has 0 spiro atoms. The molecule has 0 radical (unpaired) electrons. The minimum atomic E-state index is 0.339. The molecule has 1 N–H and O–H groups in total. The average molecular weight is 301 g/mol. The van der Waals surface area contributed by atoms with Crippen molar-refractivity contribution in [3.05, 3.63) is 0 Å². The van der Waals surface area contributed by atoms with E-state index in [1.807, 2.05) is 0 Å². The number of hydrogen-bond donors (Lipinski definition) is 1. The van der Waals surface area contributed by atoms with E-state index >= 15 is 0 Å². The van der Waals surface area contributed by atoms with Crippen molar-refractivity contribution in [3.8, 4) is 0 Å². The third-order valence-electron chi connectivity index (χ3n) is 4.58. The quantitative estimate of drug-likeness (QED) is 0.560. The molecule has 0 fully saturated rings. The average Bonchev–Trinajstić information content (AvgIpc) is 2.45. The minimum absolute atomic E-state index is 0.339. The van der Waals surface area contributed by atoms with Crippen LogP contribution >= 0.6 is 0 Å². The van der Waals surface area contributed by atoms with Crippen LogP contribution in [0.5, 0.6) is 0 Å². The predicted octanol–water partition coefficient (Wildman–Crippen LogP) is 3.79. The highest BCUT2D eigenvalue weighted by Gasteiger charge is 2.27. The molecule has 0 bridgehead atoms. The minimum Gasteiger partial charge on any atom is -0.383 e. The Labute approximate surface area is 133 Å². The molecule has 0 aromatic heterocycles. The van der Waals surface area contributed by atoms with Crippen LogP contribution in [-0.2, 0) is 4.74 Å². The number of hydrogen-bond acceptors (Lipinski definition) is 3. The summed E-state index contributed by atoms with van der Waals surface area (Å²) in [7, 11) is 1.80. The van der Waals surface area contributed by atoms with Gasteiger partial charge in [-0.15, -0.1) is 0 Å². The van der Waals surface area contributed by atoms with Gasteiger partial charge in [-0.2, -0.15) is 0 Å². The first-order chi connectivity index (χ1) is 9.92. The molecule has 0 aromatic carbocycles. The van der Waals surface area contributed by atoms with Crippen LogP contribution in [0.15, 0.2) is 0 Å². The zero-order valence-electron chi connectivity index (χ0n) is 15.7. The summed E-state index contributed by atoms with van der Waals surface area (Å²) in [6.45, 7) is 19.1. The predicted molar refractivity (Wildman–Crippen MR) is 93.9 cm³/mol. The van der Waals surface area contributed by atoms with E-state index in [2.05, 4.69) is 51.8 Å². The Morgan fingerprint density at radius 2 is 1.76 bits per heavy atom. The van der Waals surface area contributed by atoms with Crippen LogP contribution in [0.1, 0.15) is 60.8 Å². The second-order valence-electron chi connectivity index (χ2n) is 7.12. The van der Waals surface area contributed by atoms with Crippen LogP contribution in [0.4, 0.5) is 0 Å². The second kappa shape index (κ2) is 11.4. The van der Waals surface area contributed by atoms with Crippen LogP contribution in [0, 0.1) is 11.3 Å². The van der Waals surface area contributed by atoms with E-state index < -0.39 is 0 Å². The lowest BCUT2D eigenvalue weighted by molar-refractivity contribution is 0.0736. The molecule has 0 saturated heterocycles. The Morgan fingerprint density at radius 3 is 2.19 bits per heavy atom. The lowest BCUT2D eigenvalue weighted by atomic mass is 9.85. The van der Waals surface area contributed by atoms with Gasteiger partial charge in [0.05, 0.1) is 6.61 Å². The highest BCUT2D eigenvalue weighted by atomic mass is 16.5. The van der Waals surface area contributed by atoms with Gasteiger partial charge in [0.25, 0.3) is 0 Å². The molecule has 0 aliphatic rings. The monoisotopic (exact) mass is 300 g/mol. The molecule has 0 aromatic rings. The SMILES string of the molecule is CCC(CC)N(CCOC)CC(C)(CC)CNCC(C)C. The third kappa shape index (κ3) is 8.80. The van der Waals surface area contributed by atoms with Gasteiger partial charge < -0.3 is 10.1 Å². The Bertz CT molecular complexity index is 241.